The van der Waals surface area contributed by atoms with Gasteiger partial charge in [0, 0.05) is 19.7 Å². The number of ether oxygens (including phenoxy) is 1. The lowest BCUT2D eigenvalue weighted by Crippen LogP contribution is -2.35. The molecule has 88 valence electrons. The smallest absolute Gasteiger partial charge is 0.244 e. The Kier molecular flexibility index (Phi) is 3.35. The Morgan fingerprint density at radius 3 is 3.12 bits per heavy atom. The van der Waals surface area contributed by atoms with E-state index in [1.807, 2.05) is 0 Å². The summed E-state index contributed by atoms with van der Waals surface area (Å²) in [5.74, 6) is 0.211. The summed E-state index contributed by atoms with van der Waals surface area (Å²) in [6.07, 6.45) is 2.34. The Bertz CT molecular complexity index is 357. The van der Waals surface area contributed by atoms with E-state index in [2.05, 4.69) is 10.1 Å². The van der Waals surface area contributed by atoms with Crippen LogP contribution in [-0.2, 0) is 16.1 Å². The molecule has 1 saturated heterocycles. The first-order valence-corrected chi connectivity index (χ1v) is 5.26. The van der Waals surface area contributed by atoms with Crippen molar-refractivity contribution in [1.29, 1.82) is 0 Å². The highest BCUT2D eigenvalue weighted by atomic mass is 16.5. The van der Waals surface area contributed by atoms with E-state index >= 15 is 0 Å². The van der Waals surface area contributed by atoms with Crippen LogP contribution in [0.2, 0.25) is 0 Å². The number of hydrogen-bond donors (Lipinski definition) is 1. The van der Waals surface area contributed by atoms with Crippen molar-refractivity contribution in [2.45, 2.75) is 13.0 Å². The van der Waals surface area contributed by atoms with Gasteiger partial charge < -0.3 is 15.4 Å². The average molecular weight is 225 g/mol. The van der Waals surface area contributed by atoms with Gasteiger partial charge in [-0.3, -0.25) is 4.79 Å². The van der Waals surface area contributed by atoms with Gasteiger partial charge in [-0.25, -0.2) is 9.67 Å². The number of hydrogen-bond acceptors (Lipinski definition) is 5. The summed E-state index contributed by atoms with van der Waals surface area (Å²) in [6.45, 7) is 2.89. The molecule has 0 unspecified atom stereocenters. The number of nitrogen functional groups attached to an aromatic ring is 1. The number of anilines is 1. The predicted octanol–water partition coefficient (Wildman–Crippen LogP) is -0.891. The molecule has 2 heterocycles. The SMILES string of the molecule is Nc1ncn(CC(=O)N2CCCOCC2)n1. The molecule has 16 heavy (non-hydrogen) atoms. The number of nitrogens with zero attached hydrogens (tertiary/aromatic N) is 4. The van der Waals surface area contributed by atoms with Crippen molar-refractivity contribution in [2.24, 2.45) is 0 Å². The summed E-state index contributed by atoms with van der Waals surface area (Å²) < 4.78 is 6.73. The van der Waals surface area contributed by atoms with Crippen LogP contribution in [0, 0.1) is 0 Å². The maximum Gasteiger partial charge on any atom is 0.244 e. The lowest BCUT2D eigenvalue weighted by molar-refractivity contribution is -0.132. The minimum Gasteiger partial charge on any atom is -0.380 e. The number of aromatic nitrogens is 3. The fourth-order valence-corrected chi connectivity index (χ4v) is 1.62. The van der Waals surface area contributed by atoms with Gasteiger partial charge in [-0.2, -0.15) is 0 Å². The zero-order valence-corrected chi connectivity index (χ0v) is 9.00. The van der Waals surface area contributed by atoms with Gasteiger partial charge >= 0.3 is 0 Å². The fourth-order valence-electron chi connectivity index (χ4n) is 1.62. The van der Waals surface area contributed by atoms with Crippen LogP contribution in [0.4, 0.5) is 5.95 Å². The molecule has 0 aromatic carbocycles. The Balaban J connectivity index is 1.91. The standard InChI is InChI=1S/C9H15N5O2/c10-9-11-7-14(12-9)6-8(15)13-2-1-4-16-5-3-13/h7H,1-6H2,(H2,10,12). The summed E-state index contributed by atoms with van der Waals surface area (Å²) in [5, 5.41) is 3.87. The van der Waals surface area contributed by atoms with Crippen molar-refractivity contribution in [3.63, 3.8) is 0 Å². The van der Waals surface area contributed by atoms with Gasteiger partial charge in [-0.05, 0) is 6.42 Å². The number of carbonyl (C=O) groups is 1. The molecule has 1 amide bonds. The van der Waals surface area contributed by atoms with E-state index in [4.69, 9.17) is 10.5 Å². The van der Waals surface area contributed by atoms with Crippen molar-refractivity contribution < 1.29 is 9.53 Å². The molecule has 0 saturated carbocycles. The topological polar surface area (TPSA) is 86.3 Å². The third-order valence-corrected chi connectivity index (χ3v) is 2.43. The van der Waals surface area contributed by atoms with Gasteiger partial charge in [-0.1, -0.05) is 0 Å². The molecule has 1 aliphatic heterocycles. The molecular formula is C9H15N5O2. The van der Waals surface area contributed by atoms with Crippen LogP contribution in [0.5, 0.6) is 0 Å². The molecule has 0 aliphatic carbocycles. The van der Waals surface area contributed by atoms with E-state index < -0.39 is 0 Å². The minimum atomic E-state index is 0.0235. The fraction of sp³-hybridized carbons (Fsp3) is 0.667. The molecule has 1 aliphatic rings. The summed E-state index contributed by atoms with van der Waals surface area (Å²) in [4.78, 5) is 17.4. The molecule has 1 fully saturated rings. The molecule has 1 aromatic rings. The first-order chi connectivity index (χ1) is 7.75. The van der Waals surface area contributed by atoms with Crippen molar-refractivity contribution in [3.05, 3.63) is 6.33 Å². The summed E-state index contributed by atoms with van der Waals surface area (Å²) in [5.41, 5.74) is 5.37. The highest BCUT2D eigenvalue weighted by Gasteiger charge is 2.16. The number of nitrogens with two attached hydrogens (primary N) is 1. The third-order valence-electron chi connectivity index (χ3n) is 2.43. The predicted molar refractivity (Wildman–Crippen MR) is 56.5 cm³/mol. The van der Waals surface area contributed by atoms with Crippen LogP contribution in [-0.4, -0.2) is 51.9 Å². The van der Waals surface area contributed by atoms with E-state index in [1.165, 1.54) is 11.0 Å². The van der Waals surface area contributed by atoms with Gasteiger partial charge in [0.15, 0.2) is 0 Å². The Labute approximate surface area is 93.2 Å². The quantitative estimate of drug-likeness (QED) is 0.705. The van der Waals surface area contributed by atoms with E-state index in [9.17, 15) is 4.79 Å². The molecule has 0 radical (unpaired) electrons. The second-order valence-electron chi connectivity index (χ2n) is 3.65. The lowest BCUT2D eigenvalue weighted by Gasteiger charge is -2.19. The maximum absolute atomic E-state index is 11.9. The molecular weight excluding hydrogens is 210 g/mol. The molecule has 0 atom stereocenters. The van der Waals surface area contributed by atoms with Crippen molar-refractivity contribution in [2.75, 3.05) is 32.0 Å². The summed E-state index contributed by atoms with van der Waals surface area (Å²) in [7, 11) is 0. The molecule has 0 spiro atoms. The molecule has 7 nitrogen and oxygen atoms in total. The van der Waals surface area contributed by atoms with Gasteiger partial charge in [0.05, 0.1) is 6.61 Å². The summed E-state index contributed by atoms with van der Waals surface area (Å²) >= 11 is 0. The van der Waals surface area contributed by atoms with Crippen LogP contribution in [0.1, 0.15) is 6.42 Å². The Morgan fingerprint density at radius 1 is 1.50 bits per heavy atom. The van der Waals surface area contributed by atoms with E-state index in [0.29, 0.717) is 13.2 Å². The van der Waals surface area contributed by atoms with Crippen LogP contribution in [0.25, 0.3) is 0 Å². The van der Waals surface area contributed by atoms with Crippen LogP contribution in [0.15, 0.2) is 6.33 Å². The van der Waals surface area contributed by atoms with Crippen molar-refractivity contribution >= 4 is 11.9 Å². The number of amides is 1. The Hall–Kier alpha value is -1.63. The zero-order valence-electron chi connectivity index (χ0n) is 9.00. The lowest BCUT2D eigenvalue weighted by atomic mass is 10.4. The van der Waals surface area contributed by atoms with Crippen LogP contribution < -0.4 is 5.73 Å². The second-order valence-corrected chi connectivity index (χ2v) is 3.65. The normalized spacial score (nSPS) is 17.1. The molecule has 0 bridgehead atoms. The van der Waals surface area contributed by atoms with E-state index in [1.54, 1.807) is 4.90 Å². The van der Waals surface area contributed by atoms with E-state index in [-0.39, 0.29) is 18.4 Å². The highest BCUT2D eigenvalue weighted by Crippen LogP contribution is 2.01. The van der Waals surface area contributed by atoms with Gasteiger partial charge in [0.25, 0.3) is 0 Å². The van der Waals surface area contributed by atoms with Crippen molar-refractivity contribution in [3.8, 4) is 0 Å². The molecule has 7 heteroatoms. The third kappa shape index (κ3) is 2.69. The molecule has 1 aromatic heterocycles. The Morgan fingerprint density at radius 2 is 2.38 bits per heavy atom. The van der Waals surface area contributed by atoms with Gasteiger partial charge in [-0.15, -0.1) is 5.10 Å². The van der Waals surface area contributed by atoms with Crippen LogP contribution in [0.3, 0.4) is 0 Å². The van der Waals surface area contributed by atoms with Gasteiger partial charge in [0.2, 0.25) is 11.9 Å². The minimum absolute atomic E-state index is 0.0235. The number of carbonyl (C=O) groups excluding carboxylic acids is 1. The largest absolute Gasteiger partial charge is 0.380 e. The summed E-state index contributed by atoms with van der Waals surface area (Å²) in [6, 6.07) is 0. The first kappa shape index (κ1) is 10.9. The monoisotopic (exact) mass is 225 g/mol. The van der Waals surface area contributed by atoms with Gasteiger partial charge in [0.1, 0.15) is 12.9 Å². The average Bonchev–Trinajstić information content (AvgIpc) is 2.56. The zero-order chi connectivity index (χ0) is 11.4. The first-order valence-electron chi connectivity index (χ1n) is 5.26. The second kappa shape index (κ2) is 4.93. The highest BCUT2D eigenvalue weighted by molar-refractivity contribution is 5.75. The van der Waals surface area contributed by atoms with Crippen LogP contribution >= 0.6 is 0 Å². The molecule has 2 rings (SSSR count). The van der Waals surface area contributed by atoms with E-state index in [0.717, 1.165) is 19.6 Å². The molecule has 2 N–H and O–H groups in total. The van der Waals surface area contributed by atoms with Crippen molar-refractivity contribution in [1.82, 2.24) is 19.7 Å². The number of rotatable bonds is 2. The maximum atomic E-state index is 11.9.